The average Bonchev–Trinajstić information content (AvgIpc) is 0. The molecule has 0 unspecified atom stereocenters. The maximum absolute atomic E-state index is 0. The van der Waals surface area contributed by atoms with Gasteiger partial charge in [-0.3, -0.25) is 4.70 Å². The molecule has 0 atom stereocenters. The Labute approximate surface area is 63.0 Å². The predicted octanol–water partition coefficient (Wildman–Crippen LogP) is 0.656. The zero-order chi connectivity index (χ0) is 0. The van der Waals surface area contributed by atoms with Crippen molar-refractivity contribution in [2.45, 2.75) is 0 Å². The molecule has 0 radical (unpaired) electrons. The van der Waals surface area contributed by atoms with E-state index in [0.29, 0.717) is 0 Å². The molecule has 0 bridgehead atoms. The van der Waals surface area contributed by atoms with E-state index in [4.69, 9.17) is 0 Å². The van der Waals surface area contributed by atoms with E-state index in [1.807, 2.05) is 0 Å². The van der Waals surface area contributed by atoms with Crippen molar-refractivity contribution in [1.82, 2.24) is 0 Å². The highest BCUT2D eigenvalue weighted by molar-refractivity contribution is 5.86. The number of hydrogen-bond acceptors (Lipinski definition) is 0. The molecule has 0 rings (SSSR count). The SMILES string of the molecule is B.Cl.Cl.Cl.Cl.F. The lowest BCUT2D eigenvalue weighted by molar-refractivity contribution is 1.11. The lowest BCUT2D eigenvalue weighted by Gasteiger charge is -0.269. The van der Waals surface area contributed by atoms with Gasteiger partial charge >= 0.3 is 0 Å². The molecule has 0 aliphatic carbocycles. The van der Waals surface area contributed by atoms with Gasteiger partial charge in [0, 0.05) is 0 Å². The predicted molar refractivity (Wildman–Crippen MR) is 41.4 cm³/mol. The summed E-state index contributed by atoms with van der Waals surface area (Å²) in [5, 5.41) is 0. The first-order valence-corrected chi connectivity index (χ1v) is 0. The van der Waals surface area contributed by atoms with Gasteiger partial charge in [0.15, 0.2) is 0 Å². The molecule has 46 valence electrons. The van der Waals surface area contributed by atoms with Crippen LogP contribution in [-0.4, -0.2) is 8.41 Å². The molecule has 0 heterocycles. The molecule has 0 N–H and O–H groups in total. The largest absolute Gasteiger partial charge is 0.269 e. The molecule has 0 aromatic heterocycles. The molecule has 0 aliphatic rings. The minimum Gasteiger partial charge on any atom is -0.269 e. The van der Waals surface area contributed by atoms with Crippen LogP contribution in [-0.2, 0) is 0 Å². The molecule has 0 aromatic rings. The smallest absolute Gasteiger partial charge is 0.0814 e. The third-order valence-corrected chi connectivity index (χ3v) is 0. The van der Waals surface area contributed by atoms with Gasteiger partial charge in [0.25, 0.3) is 0 Å². The van der Waals surface area contributed by atoms with E-state index in [1.165, 1.54) is 0 Å². The van der Waals surface area contributed by atoms with E-state index >= 15 is 0 Å². The van der Waals surface area contributed by atoms with E-state index < -0.39 is 0 Å². The lowest BCUT2D eigenvalue weighted by atomic mass is 10.8. The van der Waals surface area contributed by atoms with E-state index in [1.54, 1.807) is 0 Å². The summed E-state index contributed by atoms with van der Waals surface area (Å²) in [6, 6.07) is 0. The zero-order valence-corrected chi connectivity index (χ0v) is 5.31. The third kappa shape index (κ3) is 66.7. The van der Waals surface area contributed by atoms with E-state index in [-0.39, 0.29) is 62.7 Å². The van der Waals surface area contributed by atoms with Crippen molar-refractivity contribution in [3.63, 3.8) is 0 Å². The molecule has 0 fully saturated rings. The Balaban J connectivity index is 0. The Morgan fingerprint density at radius 2 is 0.500 bits per heavy atom. The number of rotatable bonds is 0. The van der Waals surface area contributed by atoms with Crippen LogP contribution in [0.1, 0.15) is 0 Å². The van der Waals surface area contributed by atoms with Gasteiger partial charge in [-0.2, -0.15) is 0 Å². The van der Waals surface area contributed by atoms with Gasteiger partial charge in [-0.05, 0) is 0 Å². The fraction of sp³-hybridized carbons (Fsp3) is 0. The second kappa shape index (κ2) is 123. The summed E-state index contributed by atoms with van der Waals surface area (Å²) in [4.78, 5) is 0. The van der Waals surface area contributed by atoms with E-state index in [2.05, 4.69) is 0 Å². The minimum absolute atomic E-state index is 0. The molecule has 6 heavy (non-hydrogen) atoms. The van der Waals surface area contributed by atoms with Crippen molar-refractivity contribution in [3.8, 4) is 0 Å². The van der Waals surface area contributed by atoms with Gasteiger partial charge in [-0.25, -0.2) is 0 Å². The highest BCUT2D eigenvalue weighted by atomic mass is 35.5. The first kappa shape index (κ1) is 203. The highest BCUT2D eigenvalue weighted by Gasteiger charge is 0.0814. The fourth-order valence-corrected chi connectivity index (χ4v) is 0. The molecule has 0 nitrogen and oxygen atoms in total. The van der Waals surface area contributed by atoms with Crippen LogP contribution in [0.2, 0.25) is 0 Å². The quantitative estimate of drug-likeness (QED) is 0.480. The lowest BCUT2D eigenvalue weighted by Crippen LogP contribution is -0.381. The summed E-state index contributed by atoms with van der Waals surface area (Å²) < 4.78 is 0. The van der Waals surface area contributed by atoms with Crippen LogP contribution in [0, 0.1) is 0 Å². The van der Waals surface area contributed by atoms with E-state index in [0.717, 1.165) is 0 Å². The first-order valence-electron chi connectivity index (χ1n) is 0. The summed E-state index contributed by atoms with van der Waals surface area (Å²) >= 11 is 0. The van der Waals surface area contributed by atoms with Crippen molar-refractivity contribution in [1.29, 1.82) is 0 Å². The van der Waals surface area contributed by atoms with Gasteiger partial charge in [0.2, 0.25) is 0 Å². The molecular formula is H8BCl4F. The highest BCUT2D eigenvalue weighted by Crippen LogP contribution is 0.693. The Kier molecular flexibility index (Phi) is 4150. The van der Waals surface area contributed by atoms with Gasteiger partial charge in [-0.15, -0.1) is 49.6 Å². The number of hydrogen-bond donors (Lipinski definition) is 0. The van der Waals surface area contributed by atoms with Crippen LogP contribution in [0.3, 0.4) is 0 Å². The van der Waals surface area contributed by atoms with Crippen LogP contribution in [0.25, 0.3) is 0 Å². The summed E-state index contributed by atoms with van der Waals surface area (Å²) in [7, 11) is 0. The average molecular weight is 180 g/mol. The third-order valence-electron chi connectivity index (χ3n) is 0. The fourth-order valence-electron chi connectivity index (χ4n) is 0. The summed E-state index contributed by atoms with van der Waals surface area (Å²) in [5.41, 5.74) is 0. The van der Waals surface area contributed by atoms with Crippen molar-refractivity contribution >= 4 is 58.0 Å². The molecule has 6 heteroatoms. The topological polar surface area (TPSA) is 0 Å². The molecular weight excluding hydrogens is 172 g/mol. The molecule has 0 spiro atoms. The standard InChI is InChI=1S/BH3.4ClH.FH/h1H3;5*1H. The maximum Gasteiger partial charge on any atom is 0.0814 e. The molecule has 0 aromatic carbocycles. The molecule has 0 amide bonds. The Hall–Kier alpha value is 1.15. The van der Waals surface area contributed by atoms with Crippen LogP contribution in [0.5, 0.6) is 0 Å². The van der Waals surface area contributed by atoms with Crippen molar-refractivity contribution in [3.05, 3.63) is 0 Å². The monoisotopic (exact) mass is 178 g/mol. The Morgan fingerprint density at radius 1 is 0.500 bits per heavy atom. The van der Waals surface area contributed by atoms with Crippen LogP contribution >= 0.6 is 49.6 Å². The Bertz CT molecular complexity index is 7.51. The van der Waals surface area contributed by atoms with Gasteiger partial charge < -0.3 is 0 Å². The maximum atomic E-state index is 0. The van der Waals surface area contributed by atoms with Gasteiger partial charge in [-0.1, -0.05) is 0 Å². The van der Waals surface area contributed by atoms with Crippen LogP contribution in [0.15, 0.2) is 0 Å². The van der Waals surface area contributed by atoms with Crippen molar-refractivity contribution in [2.75, 3.05) is 0 Å². The summed E-state index contributed by atoms with van der Waals surface area (Å²) in [6.07, 6.45) is 0. The molecule has 0 aliphatic heterocycles. The van der Waals surface area contributed by atoms with Gasteiger partial charge in [0.05, 0.1) is 8.41 Å². The van der Waals surface area contributed by atoms with Crippen molar-refractivity contribution in [2.24, 2.45) is 0 Å². The minimum atomic E-state index is 0. The number of halogens is 5. The van der Waals surface area contributed by atoms with E-state index in [9.17, 15) is 0 Å². The second-order valence-corrected chi connectivity index (χ2v) is 0. The molecule has 0 saturated heterocycles. The first-order chi connectivity index (χ1) is 0. The summed E-state index contributed by atoms with van der Waals surface area (Å²) in [6.45, 7) is 0. The zero-order valence-electron chi connectivity index (χ0n) is 2.04. The van der Waals surface area contributed by atoms with Gasteiger partial charge in [0.1, 0.15) is 0 Å². The van der Waals surface area contributed by atoms with Crippen molar-refractivity contribution < 1.29 is 4.70 Å². The summed E-state index contributed by atoms with van der Waals surface area (Å²) in [5.74, 6) is 0. The molecule has 0 saturated carbocycles. The van der Waals surface area contributed by atoms with Crippen LogP contribution < -0.4 is 0 Å². The van der Waals surface area contributed by atoms with Crippen LogP contribution in [0.4, 0.5) is 4.70 Å². The normalized spacial score (nSPS) is 0. The second-order valence-electron chi connectivity index (χ2n) is 0. The Morgan fingerprint density at radius 3 is 0.500 bits per heavy atom.